The number of carbonyl (C=O) groups excluding carboxylic acids is 1. The second kappa shape index (κ2) is 6.42. The van der Waals surface area contributed by atoms with E-state index in [9.17, 15) is 13.2 Å². The number of nitrogens with zero attached hydrogens (tertiary/aromatic N) is 2. The number of benzene rings is 2. The lowest BCUT2D eigenvalue weighted by Crippen LogP contribution is -2.19. The molecule has 0 saturated heterocycles. The Morgan fingerprint density at radius 1 is 1.09 bits per heavy atom. The van der Waals surface area contributed by atoms with E-state index in [2.05, 4.69) is 15.5 Å². The Morgan fingerprint density at radius 2 is 1.74 bits per heavy atom. The molecule has 23 heavy (non-hydrogen) atoms. The number of nitrogens with two attached hydrogens (primary N) is 2. The predicted octanol–water partition coefficient (Wildman–Crippen LogP) is 2.42. The lowest BCUT2D eigenvalue weighted by Gasteiger charge is -2.06. The predicted molar refractivity (Wildman–Crippen MR) is 84.5 cm³/mol. The van der Waals surface area contributed by atoms with Crippen LogP contribution in [-0.4, -0.2) is 19.0 Å². The van der Waals surface area contributed by atoms with E-state index < -0.39 is 16.1 Å². The van der Waals surface area contributed by atoms with E-state index in [-0.39, 0.29) is 10.6 Å². The summed E-state index contributed by atoms with van der Waals surface area (Å²) in [7, 11) is -4.26. The molecule has 0 heterocycles. The summed E-state index contributed by atoms with van der Waals surface area (Å²) in [5.74, 6) is 0. The van der Waals surface area contributed by atoms with Crippen molar-refractivity contribution in [1.29, 1.82) is 0 Å². The van der Waals surface area contributed by atoms with E-state index in [1.807, 2.05) is 0 Å². The van der Waals surface area contributed by atoms with Crippen LogP contribution >= 0.6 is 0 Å². The number of nitrogens with one attached hydrogen (secondary N) is 1. The van der Waals surface area contributed by atoms with Crippen molar-refractivity contribution < 1.29 is 17.8 Å². The Hall–Kier alpha value is -2.98. The number of hydrogen-bond acceptors (Lipinski definition) is 6. The second-order valence-electron chi connectivity index (χ2n) is 4.43. The summed E-state index contributed by atoms with van der Waals surface area (Å²) in [6, 6.07) is 8.92. The number of azo groups is 1. The molecule has 0 spiro atoms. The minimum atomic E-state index is -4.26. The van der Waals surface area contributed by atoms with Gasteiger partial charge in [-0.25, -0.2) is 4.79 Å². The molecule has 0 atom stereocenters. The molecule has 10 heteroatoms. The number of anilines is 2. The number of rotatable bonds is 4. The molecule has 0 radical (unpaired) electrons. The first kappa shape index (κ1) is 16.4. The van der Waals surface area contributed by atoms with Crippen LogP contribution in [0.2, 0.25) is 0 Å². The average Bonchev–Trinajstić information content (AvgIpc) is 2.45. The summed E-state index contributed by atoms with van der Waals surface area (Å²) in [6.07, 6.45) is 0. The van der Waals surface area contributed by atoms with E-state index in [1.54, 1.807) is 6.07 Å². The minimum absolute atomic E-state index is 0.250. The van der Waals surface area contributed by atoms with Gasteiger partial charge in [0.05, 0.1) is 16.3 Å². The summed E-state index contributed by atoms with van der Waals surface area (Å²) in [5, 5.41) is 10.2. The zero-order valence-electron chi connectivity index (χ0n) is 11.7. The van der Waals surface area contributed by atoms with Crippen LogP contribution in [0, 0.1) is 0 Å². The Bertz CT molecular complexity index is 862. The zero-order valence-corrected chi connectivity index (χ0v) is 12.5. The standard InChI is InChI=1S/C13H13N5O4S/c14-8-1-6-11(12(7-8)16-13(15)19)18-17-9-2-4-10(5-3-9)23(20,21)22/h1-7H,14H2,(H3,15,16,19)(H,20,21,22). The van der Waals surface area contributed by atoms with Crippen LogP contribution in [0.15, 0.2) is 57.6 Å². The van der Waals surface area contributed by atoms with Gasteiger partial charge in [0.2, 0.25) is 0 Å². The zero-order chi connectivity index (χ0) is 17.0. The fourth-order valence-electron chi connectivity index (χ4n) is 1.67. The van der Waals surface area contributed by atoms with Crippen molar-refractivity contribution in [3.63, 3.8) is 0 Å². The monoisotopic (exact) mass is 335 g/mol. The molecule has 2 aromatic rings. The fourth-order valence-corrected chi connectivity index (χ4v) is 2.15. The smallest absolute Gasteiger partial charge is 0.316 e. The molecule has 0 saturated carbocycles. The maximum absolute atomic E-state index is 11.0. The first-order valence-corrected chi connectivity index (χ1v) is 7.65. The number of amides is 2. The second-order valence-corrected chi connectivity index (χ2v) is 5.86. The number of nitrogen functional groups attached to an aromatic ring is 1. The fraction of sp³-hybridized carbons (Fsp3) is 0. The van der Waals surface area contributed by atoms with E-state index in [0.29, 0.717) is 17.1 Å². The summed E-state index contributed by atoms with van der Waals surface area (Å²) in [4.78, 5) is 10.7. The number of hydrogen-bond donors (Lipinski definition) is 4. The molecule has 2 aromatic carbocycles. The third-order valence-corrected chi connectivity index (χ3v) is 3.55. The Labute approximate surface area is 131 Å². The first-order valence-electron chi connectivity index (χ1n) is 6.21. The topological polar surface area (TPSA) is 160 Å². The number of primary amides is 1. The van der Waals surface area contributed by atoms with Crippen molar-refractivity contribution in [1.82, 2.24) is 0 Å². The third kappa shape index (κ3) is 4.49. The normalized spacial score (nSPS) is 11.5. The third-order valence-electron chi connectivity index (χ3n) is 2.69. The molecule has 0 fully saturated rings. The molecule has 0 aliphatic carbocycles. The summed E-state index contributed by atoms with van der Waals surface area (Å²) >= 11 is 0. The van der Waals surface area contributed by atoms with Crippen molar-refractivity contribution in [2.75, 3.05) is 11.1 Å². The van der Waals surface area contributed by atoms with Gasteiger partial charge in [0.25, 0.3) is 10.1 Å². The molecule has 2 amide bonds. The highest BCUT2D eigenvalue weighted by Gasteiger charge is 2.08. The van der Waals surface area contributed by atoms with Gasteiger partial charge in [-0.15, -0.1) is 5.11 Å². The van der Waals surface area contributed by atoms with E-state index in [4.69, 9.17) is 16.0 Å². The molecule has 120 valence electrons. The van der Waals surface area contributed by atoms with Crippen molar-refractivity contribution in [2.45, 2.75) is 4.90 Å². The van der Waals surface area contributed by atoms with E-state index in [0.717, 1.165) is 0 Å². The molecule has 6 N–H and O–H groups in total. The van der Waals surface area contributed by atoms with Crippen molar-refractivity contribution in [3.05, 3.63) is 42.5 Å². The Kier molecular flexibility index (Phi) is 4.57. The van der Waals surface area contributed by atoms with Crippen LogP contribution < -0.4 is 16.8 Å². The van der Waals surface area contributed by atoms with Gasteiger partial charge in [-0.2, -0.15) is 13.5 Å². The van der Waals surface area contributed by atoms with Crippen LogP contribution in [-0.2, 0) is 10.1 Å². The average molecular weight is 335 g/mol. The van der Waals surface area contributed by atoms with Gasteiger partial charge in [0.15, 0.2) is 0 Å². The van der Waals surface area contributed by atoms with E-state index >= 15 is 0 Å². The Morgan fingerprint density at radius 3 is 2.30 bits per heavy atom. The molecular weight excluding hydrogens is 322 g/mol. The molecule has 0 aliphatic heterocycles. The van der Waals surface area contributed by atoms with Crippen LogP contribution in [0.5, 0.6) is 0 Å². The highest BCUT2D eigenvalue weighted by molar-refractivity contribution is 7.85. The maximum atomic E-state index is 11.0. The van der Waals surface area contributed by atoms with Crippen LogP contribution in [0.25, 0.3) is 0 Å². The summed E-state index contributed by atoms with van der Waals surface area (Å²) in [5.41, 5.74) is 12.0. The molecule has 0 bridgehead atoms. The van der Waals surface area contributed by atoms with Crippen LogP contribution in [0.4, 0.5) is 27.5 Å². The summed E-state index contributed by atoms with van der Waals surface area (Å²) in [6.45, 7) is 0. The van der Waals surface area contributed by atoms with Gasteiger partial charge in [-0.05, 0) is 42.5 Å². The lowest BCUT2D eigenvalue weighted by molar-refractivity contribution is 0.259. The number of carbonyl (C=O) groups is 1. The molecule has 0 aromatic heterocycles. The Balaban J connectivity index is 2.28. The van der Waals surface area contributed by atoms with Crippen molar-refractivity contribution >= 4 is 38.9 Å². The van der Waals surface area contributed by atoms with Gasteiger partial charge in [-0.3, -0.25) is 4.55 Å². The van der Waals surface area contributed by atoms with Crippen molar-refractivity contribution in [3.8, 4) is 0 Å². The largest absolute Gasteiger partial charge is 0.399 e. The summed E-state index contributed by atoms with van der Waals surface area (Å²) < 4.78 is 30.8. The van der Waals surface area contributed by atoms with Crippen LogP contribution in [0.3, 0.4) is 0 Å². The molecule has 2 rings (SSSR count). The highest BCUT2D eigenvalue weighted by atomic mass is 32.2. The first-order chi connectivity index (χ1) is 10.8. The molecule has 9 nitrogen and oxygen atoms in total. The van der Waals surface area contributed by atoms with Gasteiger partial charge >= 0.3 is 6.03 Å². The maximum Gasteiger partial charge on any atom is 0.316 e. The quantitative estimate of drug-likeness (QED) is 0.383. The molecule has 0 unspecified atom stereocenters. The molecular formula is C13H13N5O4S. The van der Waals surface area contributed by atoms with Crippen molar-refractivity contribution in [2.24, 2.45) is 16.0 Å². The minimum Gasteiger partial charge on any atom is -0.399 e. The van der Waals surface area contributed by atoms with Gasteiger partial charge < -0.3 is 16.8 Å². The SMILES string of the molecule is NC(=O)Nc1cc(N)ccc1N=Nc1ccc(S(=O)(=O)O)cc1. The highest BCUT2D eigenvalue weighted by Crippen LogP contribution is 2.29. The number of urea groups is 1. The van der Waals surface area contributed by atoms with E-state index in [1.165, 1.54) is 36.4 Å². The lowest BCUT2D eigenvalue weighted by atomic mass is 10.2. The molecule has 0 aliphatic rings. The van der Waals surface area contributed by atoms with Gasteiger partial charge in [0, 0.05) is 5.69 Å². The van der Waals surface area contributed by atoms with Gasteiger partial charge in [-0.1, -0.05) is 0 Å². The van der Waals surface area contributed by atoms with Crippen LogP contribution in [0.1, 0.15) is 0 Å². The van der Waals surface area contributed by atoms with Gasteiger partial charge in [0.1, 0.15) is 5.69 Å².